The van der Waals surface area contributed by atoms with Gasteiger partial charge in [-0.1, -0.05) is 13.3 Å². The van der Waals surface area contributed by atoms with Gasteiger partial charge in [-0.2, -0.15) is 0 Å². The molecule has 18 heavy (non-hydrogen) atoms. The highest BCUT2D eigenvalue weighted by Gasteiger charge is 2.23. The molecule has 1 aliphatic carbocycles. The molecule has 1 atom stereocenters. The van der Waals surface area contributed by atoms with E-state index < -0.39 is 0 Å². The normalized spacial score (nSPS) is 26.1. The van der Waals surface area contributed by atoms with E-state index in [1.54, 1.807) is 0 Å². The van der Waals surface area contributed by atoms with Crippen LogP contribution in [0.4, 0.5) is 0 Å². The van der Waals surface area contributed by atoms with E-state index in [1.807, 2.05) is 0 Å². The van der Waals surface area contributed by atoms with Gasteiger partial charge in [0.2, 0.25) is 0 Å². The van der Waals surface area contributed by atoms with Crippen molar-refractivity contribution >= 4 is 5.96 Å². The van der Waals surface area contributed by atoms with Gasteiger partial charge in [0, 0.05) is 18.6 Å². The minimum atomic E-state index is 0.651. The number of nitrogens with zero attached hydrogens (tertiary/aromatic N) is 2. The summed E-state index contributed by atoms with van der Waals surface area (Å²) >= 11 is 0. The second-order valence-electron chi connectivity index (χ2n) is 5.42. The lowest BCUT2D eigenvalue weighted by molar-refractivity contribution is 0.161. The minimum Gasteiger partial charge on any atom is -0.357 e. The molecule has 0 bridgehead atoms. The molecule has 0 amide bonds. The van der Waals surface area contributed by atoms with Gasteiger partial charge in [0.05, 0.1) is 6.54 Å². The maximum atomic E-state index is 4.77. The van der Waals surface area contributed by atoms with Gasteiger partial charge in [-0.3, -0.25) is 9.89 Å². The molecule has 4 nitrogen and oxygen atoms in total. The van der Waals surface area contributed by atoms with Crippen molar-refractivity contribution in [1.82, 2.24) is 15.5 Å². The van der Waals surface area contributed by atoms with E-state index >= 15 is 0 Å². The molecule has 2 aliphatic rings. The van der Waals surface area contributed by atoms with Gasteiger partial charge >= 0.3 is 0 Å². The monoisotopic (exact) mass is 252 g/mol. The van der Waals surface area contributed by atoms with E-state index in [2.05, 4.69) is 29.4 Å². The summed E-state index contributed by atoms with van der Waals surface area (Å²) < 4.78 is 0. The van der Waals surface area contributed by atoms with Crippen LogP contribution in [-0.2, 0) is 0 Å². The third kappa shape index (κ3) is 4.16. The second kappa shape index (κ2) is 6.98. The largest absolute Gasteiger partial charge is 0.357 e. The third-order valence-corrected chi connectivity index (χ3v) is 3.88. The molecule has 1 heterocycles. The van der Waals surface area contributed by atoms with E-state index in [0.717, 1.165) is 25.6 Å². The molecule has 1 unspecified atom stereocenters. The maximum Gasteiger partial charge on any atom is 0.191 e. The SMILES string of the molecule is CCNC(=NCC1CCCCN1CC)NC1CC1. The topological polar surface area (TPSA) is 39.7 Å². The molecule has 2 N–H and O–H groups in total. The van der Waals surface area contributed by atoms with Crippen LogP contribution in [0.5, 0.6) is 0 Å². The van der Waals surface area contributed by atoms with E-state index in [-0.39, 0.29) is 0 Å². The summed E-state index contributed by atoms with van der Waals surface area (Å²) in [4.78, 5) is 7.35. The van der Waals surface area contributed by atoms with Crippen molar-refractivity contribution in [2.45, 2.75) is 58.0 Å². The molecule has 104 valence electrons. The van der Waals surface area contributed by atoms with Crippen LogP contribution in [-0.4, -0.2) is 49.1 Å². The van der Waals surface area contributed by atoms with Crippen molar-refractivity contribution in [3.05, 3.63) is 0 Å². The van der Waals surface area contributed by atoms with Crippen LogP contribution >= 0.6 is 0 Å². The highest BCUT2D eigenvalue weighted by molar-refractivity contribution is 5.80. The van der Waals surface area contributed by atoms with E-state index in [0.29, 0.717) is 12.1 Å². The van der Waals surface area contributed by atoms with Crippen molar-refractivity contribution in [2.75, 3.05) is 26.2 Å². The Hall–Kier alpha value is -0.770. The summed E-state index contributed by atoms with van der Waals surface area (Å²) in [5, 5.41) is 6.83. The van der Waals surface area contributed by atoms with Crippen molar-refractivity contribution in [3.63, 3.8) is 0 Å². The first-order chi connectivity index (χ1) is 8.83. The summed E-state index contributed by atoms with van der Waals surface area (Å²) in [6.45, 7) is 8.69. The van der Waals surface area contributed by atoms with Gasteiger partial charge in [-0.25, -0.2) is 0 Å². The fourth-order valence-corrected chi connectivity index (χ4v) is 2.62. The standard InChI is InChI=1S/C14H28N4/c1-3-15-14(17-12-8-9-12)16-11-13-7-5-6-10-18(13)4-2/h12-13H,3-11H2,1-2H3,(H2,15,16,17). The van der Waals surface area contributed by atoms with E-state index in [4.69, 9.17) is 4.99 Å². The molecule has 0 spiro atoms. The Morgan fingerprint density at radius 1 is 1.22 bits per heavy atom. The quantitative estimate of drug-likeness (QED) is 0.576. The molecular formula is C14H28N4. The fraction of sp³-hybridized carbons (Fsp3) is 0.929. The van der Waals surface area contributed by atoms with Crippen LogP contribution in [0, 0.1) is 0 Å². The number of rotatable bonds is 5. The average molecular weight is 252 g/mol. The highest BCUT2D eigenvalue weighted by atomic mass is 15.2. The van der Waals surface area contributed by atoms with Gasteiger partial charge in [-0.15, -0.1) is 0 Å². The molecule has 2 fully saturated rings. The molecular weight excluding hydrogens is 224 g/mol. The van der Waals surface area contributed by atoms with Gasteiger partial charge in [0.15, 0.2) is 5.96 Å². The molecule has 0 aromatic rings. The number of piperidine rings is 1. The first-order valence-corrected chi connectivity index (χ1v) is 7.62. The Bertz CT molecular complexity index is 273. The van der Waals surface area contributed by atoms with Gasteiger partial charge in [-0.05, 0) is 45.7 Å². The van der Waals surface area contributed by atoms with Crippen LogP contribution < -0.4 is 10.6 Å². The van der Waals surface area contributed by atoms with Crippen LogP contribution in [0.2, 0.25) is 0 Å². The summed E-state index contributed by atoms with van der Waals surface area (Å²) in [5.74, 6) is 1.02. The Morgan fingerprint density at radius 3 is 2.72 bits per heavy atom. The molecule has 4 heteroatoms. The van der Waals surface area contributed by atoms with Crippen LogP contribution in [0.1, 0.15) is 46.0 Å². The number of likely N-dealkylation sites (tertiary alicyclic amines) is 1. The summed E-state index contributed by atoms with van der Waals surface area (Å²) in [5.41, 5.74) is 0. The maximum absolute atomic E-state index is 4.77. The Kier molecular flexibility index (Phi) is 5.29. The number of nitrogens with one attached hydrogen (secondary N) is 2. The third-order valence-electron chi connectivity index (χ3n) is 3.88. The number of guanidine groups is 1. The van der Waals surface area contributed by atoms with Gasteiger partial charge < -0.3 is 10.6 Å². The number of aliphatic imine (C=N–C) groups is 1. The predicted octanol–water partition coefficient (Wildman–Crippen LogP) is 1.58. The van der Waals surface area contributed by atoms with E-state index in [1.165, 1.54) is 38.6 Å². The first-order valence-electron chi connectivity index (χ1n) is 7.62. The Balaban J connectivity index is 1.84. The number of likely N-dealkylation sites (N-methyl/N-ethyl adjacent to an activating group) is 1. The van der Waals surface area contributed by atoms with Crippen molar-refractivity contribution in [3.8, 4) is 0 Å². The zero-order valence-corrected chi connectivity index (χ0v) is 11.9. The predicted molar refractivity (Wildman–Crippen MR) is 77.0 cm³/mol. The van der Waals surface area contributed by atoms with Gasteiger partial charge in [0.1, 0.15) is 0 Å². The Labute approximate surface area is 111 Å². The lowest BCUT2D eigenvalue weighted by Crippen LogP contribution is -2.43. The number of hydrogen-bond donors (Lipinski definition) is 2. The molecule has 0 aromatic carbocycles. The summed E-state index contributed by atoms with van der Waals surface area (Å²) in [7, 11) is 0. The lowest BCUT2D eigenvalue weighted by atomic mass is 10.0. The second-order valence-corrected chi connectivity index (χ2v) is 5.42. The van der Waals surface area contributed by atoms with Crippen molar-refractivity contribution in [2.24, 2.45) is 4.99 Å². The minimum absolute atomic E-state index is 0.651. The average Bonchev–Trinajstić information content (AvgIpc) is 3.20. The molecule has 1 saturated heterocycles. The fourth-order valence-electron chi connectivity index (χ4n) is 2.62. The molecule has 0 aromatic heterocycles. The lowest BCUT2D eigenvalue weighted by Gasteiger charge is -2.33. The van der Waals surface area contributed by atoms with Gasteiger partial charge in [0.25, 0.3) is 0 Å². The van der Waals surface area contributed by atoms with Crippen molar-refractivity contribution < 1.29 is 0 Å². The van der Waals surface area contributed by atoms with Crippen molar-refractivity contribution in [1.29, 1.82) is 0 Å². The van der Waals surface area contributed by atoms with Crippen LogP contribution in [0.15, 0.2) is 4.99 Å². The smallest absolute Gasteiger partial charge is 0.191 e. The van der Waals surface area contributed by atoms with E-state index in [9.17, 15) is 0 Å². The van der Waals surface area contributed by atoms with Crippen LogP contribution in [0.3, 0.4) is 0 Å². The molecule has 1 aliphatic heterocycles. The first kappa shape index (κ1) is 13.7. The molecule has 1 saturated carbocycles. The number of hydrogen-bond acceptors (Lipinski definition) is 2. The molecule has 2 rings (SSSR count). The highest BCUT2D eigenvalue weighted by Crippen LogP contribution is 2.19. The zero-order chi connectivity index (χ0) is 12.8. The molecule has 0 radical (unpaired) electrons. The summed E-state index contributed by atoms with van der Waals surface area (Å²) in [6, 6.07) is 1.33. The Morgan fingerprint density at radius 2 is 2.06 bits per heavy atom. The summed E-state index contributed by atoms with van der Waals surface area (Å²) in [6.07, 6.45) is 6.63. The zero-order valence-electron chi connectivity index (χ0n) is 11.9. The van der Waals surface area contributed by atoms with Crippen LogP contribution in [0.25, 0.3) is 0 Å².